The van der Waals surface area contributed by atoms with E-state index in [-0.39, 0.29) is 6.71 Å². The molecule has 3 heteroatoms. The molecule has 0 radical (unpaired) electrons. The molecule has 0 unspecified atom stereocenters. The molecule has 0 saturated heterocycles. The Morgan fingerprint density at radius 2 is 1.24 bits per heavy atom. The van der Waals surface area contributed by atoms with Gasteiger partial charge in [0.2, 0.25) is 0 Å². The normalized spacial score (nSPS) is 14.0. The van der Waals surface area contributed by atoms with E-state index in [0.29, 0.717) is 14.5 Å². The summed E-state index contributed by atoms with van der Waals surface area (Å²) < 4.78 is 2.95. The van der Waals surface area contributed by atoms with E-state index in [9.17, 15) is 0 Å². The predicted octanol–water partition coefficient (Wildman–Crippen LogP) is 8.75. The number of benzene rings is 6. The Morgan fingerprint density at radius 3 is 2.02 bits per heavy atom. The second-order valence-corrected chi connectivity index (χ2v) is 14.2. The molecule has 0 fully saturated rings. The van der Waals surface area contributed by atoms with Crippen molar-refractivity contribution in [3.05, 3.63) is 163 Å². The number of para-hydroxylation sites is 2. The van der Waals surface area contributed by atoms with Gasteiger partial charge in [-0.3, -0.25) is 0 Å². The molecule has 212 valence electrons. The van der Waals surface area contributed by atoms with E-state index in [0.717, 1.165) is 12.8 Å². The fourth-order valence-electron chi connectivity index (χ4n) is 7.42. The van der Waals surface area contributed by atoms with Gasteiger partial charge in [0.1, 0.15) is 0 Å². The van der Waals surface area contributed by atoms with E-state index in [4.69, 9.17) is 0 Å². The van der Waals surface area contributed by atoms with Gasteiger partial charge in [0.15, 0.2) is 0 Å². The monoisotopic (exact) mass is 639 g/mol. The molecule has 1 aromatic heterocycles. The van der Waals surface area contributed by atoms with E-state index >= 15 is 0 Å². The first kappa shape index (κ1) is 26.6. The van der Waals surface area contributed by atoms with Crippen LogP contribution in [0.2, 0.25) is 0 Å². The van der Waals surface area contributed by atoms with Crippen molar-refractivity contribution >= 4 is 79.5 Å². The molecule has 0 saturated carbocycles. The van der Waals surface area contributed by atoms with E-state index in [2.05, 4.69) is 163 Å². The number of anilines is 3. The van der Waals surface area contributed by atoms with Crippen molar-refractivity contribution in [3.8, 4) is 11.1 Å². The molecular formula is C42H30BNSe. The summed E-state index contributed by atoms with van der Waals surface area (Å²) in [4.78, 5) is 2.50. The molecule has 45 heavy (non-hydrogen) atoms. The first-order valence-electron chi connectivity index (χ1n) is 15.8. The van der Waals surface area contributed by atoms with Crippen LogP contribution in [0.3, 0.4) is 0 Å². The fourth-order valence-corrected chi connectivity index (χ4v) is 9.70. The molecule has 0 bridgehead atoms. The number of allylic oxidation sites excluding steroid dienone is 4. The van der Waals surface area contributed by atoms with Crippen LogP contribution in [0.15, 0.2) is 158 Å². The van der Waals surface area contributed by atoms with Crippen molar-refractivity contribution in [1.82, 2.24) is 0 Å². The molecule has 6 aromatic carbocycles. The average Bonchev–Trinajstić information content (AvgIpc) is 3.49. The van der Waals surface area contributed by atoms with Crippen LogP contribution in [-0.2, 0) is 0 Å². The summed E-state index contributed by atoms with van der Waals surface area (Å²) in [5.74, 6) is 0. The van der Waals surface area contributed by atoms with Crippen LogP contribution in [0.1, 0.15) is 18.4 Å². The maximum atomic E-state index is 2.50. The third-order valence-electron chi connectivity index (χ3n) is 9.38. The Kier molecular flexibility index (Phi) is 6.48. The van der Waals surface area contributed by atoms with Crippen LogP contribution in [-0.4, -0.2) is 21.2 Å². The minimum atomic E-state index is 0.0785. The summed E-state index contributed by atoms with van der Waals surface area (Å²) in [6, 6.07) is 52.0. The Morgan fingerprint density at radius 1 is 0.556 bits per heavy atom. The Balaban J connectivity index is 1.31. The molecule has 9 rings (SSSR count). The smallest absolute Gasteiger partial charge is 0.0312 e. The van der Waals surface area contributed by atoms with Crippen molar-refractivity contribution < 1.29 is 0 Å². The summed E-state index contributed by atoms with van der Waals surface area (Å²) in [5.41, 5.74) is 13.0. The standard InChI is InChI=1S/C42H30BNSe/c1-3-14-29(15-4-1)32-19-13-20-33(30-16-5-2-6-17-30)42(32)43-36-21-8-10-23-38(36)44(39-24-11-9-22-37(39)43)31-26-27-41-35(28-31)34-18-7-12-25-40(34)45-41/h1,3-5,7-28H,2,6H2. The quantitative estimate of drug-likeness (QED) is 0.174. The number of hydrogen-bond acceptors (Lipinski definition) is 1. The van der Waals surface area contributed by atoms with E-state index in [1.165, 1.54) is 75.0 Å². The van der Waals surface area contributed by atoms with Gasteiger partial charge in [-0.15, -0.1) is 0 Å². The van der Waals surface area contributed by atoms with Crippen molar-refractivity contribution in [2.45, 2.75) is 12.8 Å². The van der Waals surface area contributed by atoms with Gasteiger partial charge in [-0.25, -0.2) is 0 Å². The summed E-state index contributed by atoms with van der Waals surface area (Å²) >= 11 is 0.354. The van der Waals surface area contributed by atoms with Crippen LogP contribution in [0.5, 0.6) is 0 Å². The molecule has 1 aliphatic carbocycles. The molecule has 7 aromatic rings. The van der Waals surface area contributed by atoms with Crippen molar-refractivity contribution in [3.63, 3.8) is 0 Å². The topological polar surface area (TPSA) is 3.24 Å². The molecule has 0 atom stereocenters. The van der Waals surface area contributed by atoms with Crippen LogP contribution in [0.25, 0.3) is 36.0 Å². The molecule has 0 amide bonds. The third-order valence-corrected chi connectivity index (χ3v) is 11.8. The summed E-state index contributed by atoms with van der Waals surface area (Å²) in [6.45, 7) is 0.0785. The van der Waals surface area contributed by atoms with Gasteiger partial charge >= 0.3 is 235 Å². The van der Waals surface area contributed by atoms with Gasteiger partial charge in [-0.2, -0.15) is 0 Å². The van der Waals surface area contributed by atoms with Crippen LogP contribution >= 0.6 is 0 Å². The minimum absolute atomic E-state index is 0.0785. The fraction of sp³-hybridized carbons (Fsp3) is 0.0476. The van der Waals surface area contributed by atoms with E-state index in [1.807, 2.05) is 0 Å². The molecule has 1 nitrogen and oxygen atoms in total. The zero-order valence-electron chi connectivity index (χ0n) is 24.9. The van der Waals surface area contributed by atoms with E-state index < -0.39 is 0 Å². The Labute approximate surface area is 270 Å². The van der Waals surface area contributed by atoms with E-state index in [1.54, 1.807) is 0 Å². The molecule has 0 spiro atoms. The molecule has 1 aliphatic heterocycles. The third kappa shape index (κ3) is 4.38. The van der Waals surface area contributed by atoms with Crippen LogP contribution < -0.4 is 21.3 Å². The second kappa shape index (κ2) is 11.0. The first-order valence-corrected chi connectivity index (χ1v) is 17.5. The zero-order chi connectivity index (χ0) is 29.7. The van der Waals surface area contributed by atoms with Crippen LogP contribution in [0.4, 0.5) is 17.1 Å². The van der Waals surface area contributed by atoms with Crippen molar-refractivity contribution in [2.24, 2.45) is 0 Å². The number of hydrogen-bond donors (Lipinski definition) is 0. The summed E-state index contributed by atoms with van der Waals surface area (Å²) in [5, 5.41) is 2.77. The molecule has 0 N–H and O–H groups in total. The second-order valence-electron chi connectivity index (χ2n) is 11.9. The number of nitrogens with zero attached hydrogens (tertiary/aromatic N) is 1. The molecule has 2 aliphatic rings. The maximum absolute atomic E-state index is 2.50. The Hall–Kier alpha value is -4.82. The summed E-state index contributed by atoms with van der Waals surface area (Å²) in [6.07, 6.45) is 9.26. The average molecular weight is 638 g/mol. The molecular weight excluding hydrogens is 608 g/mol. The van der Waals surface area contributed by atoms with Gasteiger partial charge in [0.25, 0.3) is 0 Å². The van der Waals surface area contributed by atoms with Crippen molar-refractivity contribution in [2.75, 3.05) is 4.90 Å². The number of rotatable bonds is 4. The molecule has 2 heterocycles. The van der Waals surface area contributed by atoms with Gasteiger partial charge in [0, 0.05) is 0 Å². The predicted molar refractivity (Wildman–Crippen MR) is 196 cm³/mol. The minimum Gasteiger partial charge on any atom is -0.0312 e. The SMILES string of the molecule is C1=CC(c2cccc(-c3ccccc3)c2B2c3ccccc3N(c3ccc4[se]c5ccccc5c4c3)c3ccccc32)=CCC1. The first-order chi connectivity index (χ1) is 22.3. The van der Waals surface area contributed by atoms with Crippen LogP contribution in [0, 0.1) is 0 Å². The van der Waals surface area contributed by atoms with Crippen molar-refractivity contribution in [1.29, 1.82) is 0 Å². The van der Waals surface area contributed by atoms with Gasteiger partial charge in [-0.05, 0) is 12.8 Å². The summed E-state index contributed by atoms with van der Waals surface area (Å²) in [7, 11) is 0. The zero-order valence-corrected chi connectivity index (χ0v) is 26.6. The van der Waals surface area contributed by atoms with Gasteiger partial charge in [0.05, 0.1) is 0 Å². The van der Waals surface area contributed by atoms with Gasteiger partial charge < -0.3 is 0 Å². The number of fused-ring (bicyclic) bond motifs is 5. The van der Waals surface area contributed by atoms with Gasteiger partial charge in [-0.1, -0.05) is 24.3 Å². The Bertz CT molecular complexity index is 2250.